The van der Waals surface area contributed by atoms with E-state index >= 15 is 0 Å². The van der Waals surface area contributed by atoms with Crippen molar-refractivity contribution in [2.75, 3.05) is 26.2 Å². The van der Waals surface area contributed by atoms with Gasteiger partial charge in [0.2, 0.25) is 5.91 Å². The third kappa shape index (κ3) is 5.60. The molecule has 1 saturated heterocycles. The molecule has 1 fully saturated rings. The zero-order chi connectivity index (χ0) is 17.5. The largest absolute Gasteiger partial charge is 0.480 e. The highest BCUT2D eigenvalue weighted by atomic mass is 79.9. The van der Waals surface area contributed by atoms with E-state index in [0.29, 0.717) is 6.42 Å². The first-order valence-corrected chi connectivity index (χ1v) is 9.27. The molecule has 1 aromatic rings. The summed E-state index contributed by atoms with van der Waals surface area (Å²) in [5.41, 5.74) is 1.16. The topological polar surface area (TPSA) is 60.9 Å². The second kappa shape index (κ2) is 9.18. The molecule has 0 aromatic heterocycles. The number of nitrogens with zero attached hydrogens (tertiary/aromatic N) is 2. The van der Waals surface area contributed by atoms with Gasteiger partial charge in [-0.1, -0.05) is 35.0 Å². The second-order valence-electron chi connectivity index (χ2n) is 6.20. The summed E-state index contributed by atoms with van der Waals surface area (Å²) >= 11 is 3.45. The van der Waals surface area contributed by atoms with Crippen LogP contribution in [0.4, 0.5) is 0 Å². The monoisotopic (exact) mass is 396 g/mol. The Labute approximate surface area is 151 Å². The number of likely N-dealkylation sites (N-methyl/N-ethyl adjacent to an activating group) is 1. The molecule has 132 valence electrons. The summed E-state index contributed by atoms with van der Waals surface area (Å²) in [6, 6.07) is 8.31. The second-order valence-corrected chi connectivity index (χ2v) is 7.11. The fourth-order valence-electron chi connectivity index (χ4n) is 3.26. The molecule has 1 aliphatic rings. The molecule has 5 nitrogen and oxygen atoms in total. The molecule has 6 heteroatoms. The minimum atomic E-state index is -0.788. The molecular formula is C18H25BrN2O3. The SMILES string of the molecule is CCN(CC(=O)O)C1CCN(C(=O)CCc2cccc(Br)c2)CC1. The zero-order valence-electron chi connectivity index (χ0n) is 14.1. The smallest absolute Gasteiger partial charge is 0.317 e. The molecule has 0 bridgehead atoms. The minimum absolute atomic E-state index is 0.0813. The van der Waals surface area contributed by atoms with E-state index in [2.05, 4.69) is 15.9 Å². The van der Waals surface area contributed by atoms with Gasteiger partial charge in [-0.2, -0.15) is 0 Å². The van der Waals surface area contributed by atoms with Crippen molar-refractivity contribution in [1.29, 1.82) is 0 Å². The number of amides is 1. The van der Waals surface area contributed by atoms with Crippen molar-refractivity contribution in [1.82, 2.24) is 9.80 Å². The number of aryl methyl sites for hydroxylation is 1. The van der Waals surface area contributed by atoms with Gasteiger partial charge in [-0.25, -0.2) is 0 Å². The predicted octanol–water partition coefficient (Wildman–Crippen LogP) is 2.78. The highest BCUT2D eigenvalue weighted by Gasteiger charge is 2.26. The Kier molecular flexibility index (Phi) is 7.24. The maximum Gasteiger partial charge on any atom is 0.317 e. The first-order chi connectivity index (χ1) is 11.5. The van der Waals surface area contributed by atoms with Gasteiger partial charge in [0.1, 0.15) is 0 Å². The number of benzene rings is 1. The lowest BCUT2D eigenvalue weighted by Crippen LogP contribution is -2.48. The number of rotatable bonds is 7. The number of hydrogen-bond donors (Lipinski definition) is 1. The van der Waals surface area contributed by atoms with E-state index in [-0.39, 0.29) is 18.5 Å². The molecule has 1 amide bonds. The average molecular weight is 397 g/mol. The summed E-state index contributed by atoms with van der Waals surface area (Å²) in [7, 11) is 0. The summed E-state index contributed by atoms with van der Waals surface area (Å²) in [6.45, 7) is 4.24. The Hall–Kier alpha value is -1.40. The Balaban J connectivity index is 1.78. The highest BCUT2D eigenvalue weighted by molar-refractivity contribution is 9.10. The lowest BCUT2D eigenvalue weighted by atomic mass is 10.0. The average Bonchev–Trinajstić information content (AvgIpc) is 2.57. The molecule has 1 N–H and O–H groups in total. The molecule has 0 radical (unpaired) electrons. The molecule has 1 aromatic carbocycles. The lowest BCUT2D eigenvalue weighted by Gasteiger charge is -2.37. The molecule has 0 saturated carbocycles. The van der Waals surface area contributed by atoms with Crippen molar-refractivity contribution in [3.05, 3.63) is 34.3 Å². The van der Waals surface area contributed by atoms with Crippen LogP contribution in [0.2, 0.25) is 0 Å². The van der Waals surface area contributed by atoms with Crippen molar-refractivity contribution in [3.8, 4) is 0 Å². The minimum Gasteiger partial charge on any atom is -0.480 e. The number of halogens is 1. The fraction of sp³-hybridized carbons (Fsp3) is 0.556. The maximum atomic E-state index is 12.4. The number of aliphatic carboxylic acids is 1. The van der Waals surface area contributed by atoms with Crippen LogP contribution >= 0.6 is 15.9 Å². The summed E-state index contributed by atoms with van der Waals surface area (Å²) < 4.78 is 1.03. The summed E-state index contributed by atoms with van der Waals surface area (Å²) in [5, 5.41) is 8.97. The van der Waals surface area contributed by atoms with Crippen LogP contribution < -0.4 is 0 Å². The quantitative estimate of drug-likeness (QED) is 0.769. The molecule has 0 aliphatic carbocycles. The van der Waals surface area contributed by atoms with E-state index < -0.39 is 5.97 Å². The van der Waals surface area contributed by atoms with E-state index in [4.69, 9.17) is 5.11 Å². The van der Waals surface area contributed by atoms with Crippen LogP contribution in [-0.4, -0.2) is 59.0 Å². The fourth-order valence-corrected chi connectivity index (χ4v) is 3.70. The maximum absolute atomic E-state index is 12.4. The number of piperidine rings is 1. The predicted molar refractivity (Wildman–Crippen MR) is 96.9 cm³/mol. The zero-order valence-corrected chi connectivity index (χ0v) is 15.7. The molecule has 24 heavy (non-hydrogen) atoms. The van der Waals surface area contributed by atoms with Crippen molar-refractivity contribution in [2.45, 2.75) is 38.6 Å². The number of carboxylic acid groups (broad SMARTS) is 1. The van der Waals surface area contributed by atoms with Crippen molar-refractivity contribution >= 4 is 27.8 Å². The van der Waals surface area contributed by atoms with Crippen LogP contribution in [0.3, 0.4) is 0 Å². The number of carbonyl (C=O) groups is 2. The molecule has 0 unspecified atom stereocenters. The van der Waals surface area contributed by atoms with Gasteiger partial charge in [0, 0.05) is 30.0 Å². The summed E-state index contributed by atoms with van der Waals surface area (Å²) in [5.74, 6) is -0.598. The van der Waals surface area contributed by atoms with E-state index in [1.807, 2.05) is 41.0 Å². The third-order valence-electron chi connectivity index (χ3n) is 4.59. The first-order valence-electron chi connectivity index (χ1n) is 8.47. The van der Waals surface area contributed by atoms with Crippen LogP contribution in [0.1, 0.15) is 31.7 Å². The van der Waals surface area contributed by atoms with Crippen molar-refractivity contribution in [2.24, 2.45) is 0 Å². The molecule has 0 spiro atoms. The molecule has 1 heterocycles. The molecule has 0 atom stereocenters. The first kappa shape index (κ1) is 18.9. The van der Waals surface area contributed by atoms with Gasteiger partial charge in [0.15, 0.2) is 0 Å². The van der Waals surface area contributed by atoms with Crippen molar-refractivity contribution in [3.63, 3.8) is 0 Å². The van der Waals surface area contributed by atoms with Gasteiger partial charge in [-0.3, -0.25) is 14.5 Å². The van der Waals surface area contributed by atoms with Crippen LogP contribution in [-0.2, 0) is 16.0 Å². The normalized spacial score (nSPS) is 15.7. The number of likely N-dealkylation sites (tertiary alicyclic amines) is 1. The van der Waals surface area contributed by atoms with Crippen LogP contribution in [0.25, 0.3) is 0 Å². The molecule has 1 aliphatic heterocycles. The Bertz CT molecular complexity index is 571. The molecule has 2 rings (SSSR count). The van der Waals surface area contributed by atoms with Crippen LogP contribution in [0.5, 0.6) is 0 Å². The lowest BCUT2D eigenvalue weighted by molar-refractivity contribution is -0.140. The van der Waals surface area contributed by atoms with Gasteiger partial charge in [-0.15, -0.1) is 0 Å². The third-order valence-corrected chi connectivity index (χ3v) is 5.09. The van der Waals surface area contributed by atoms with Gasteiger partial charge in [0.25, 0.3) is 0 Å². The van der Waals surface area contributed by atoms with Crippen molar-refractivity contribution < 1.29 is 14.7 Å². The van der Waals surface area contributed by atoms with Crippen LogP contribution in [0, 0.1) is 0 Å². The standard InChI is InChI=1S/C18H25BrN2O3/c1-2-20(13-18(23)24)16-8-10-21(11-9-16)17(22)7-6-14-4-3-5-15(19)12-14/h3-5,12,16H,2,6-11,13H2,1H3,(H,23,24). The number of hydrogen-bond acceptors (Lipinski definition) is 3. The number of carboxylic acids is 1. The molecular weight excluding hydrogens is 372 g/mol. The Morgan fingerprint density at radius 3 is 2.62 bits per heavy atom. The van der Waals surface area contributed by atoms with E-state index in [1.165, 1.54) is 0 Å². The van der Waals surface area contributed by atoms with E-state index in [0.717, 1.165) is 48.9 Å². The van der Waals surface area contributed by atoms with E-state index in [1.54, 1.807) is 0 Å². The highest BCUT2D eigenvalue weighted by Crippen LogP contribution is 2.18. The van der Waals surface area contributed by atoms with Crippen LogP contribution in [0.15, 0.2) is 28.7 Å². The van der Waals surface area contributed by atoms with E-state index in [9.17, 15) is 9.59 Å². The number of carbonyl (C=O) groups excluding carboxylic acids is 1. The van der Waals surface area contributed by atoms with Gasteiger partial charge in [0.05, 0.1) is 6.54 Å². The van der Waals surface area contributed by atoms with Gasteiger partial charge in [-0.05, 0) is 43.5 Å². The summed E-state index contributed by atoms with van der Waals surface area (Å²) in [6.07, 6.45) is 2.97. The Morgan fingerprint density at radius 1 is 1.33 bits per heavy atom. The van der Waals surface area contributed by atoms with Gasteiger partial charge >= 0.3 is 5.97 Å². The summed E-state index contributed by atoms with van der Waals surface area (Å²) in [4.78, 5) is 27.2. The van der Waals surface area contributed by atoms with Gasteiger partial charge < -0.3 is 10.0 Å². The Morgan fingerprint density at radius 2 is 2.04 bits per heavy atom.